The van der Waals surface area contributed by atoms with Gasteiger partial charge in [0.15, 0.2) is 0 Å². The molecular formula is C12H15BrFNO4. The van der Waals surface area contributed by atoms with Gasteiger partial charge in [-0.15, -0.1) is 0 Å². The van der Waals surface area contributed by atoms with Gasteiger partial charge >= 0.3 is 5.69 Å². The van der Waals surface area contributed by atoms with Crippen LogP contribution in [0.4, 0.5) is 10.1 Å². The molecule has 1 unspecified atom stereocenters. The smallest absolute Gasteiger partial charge is 0.315 e. The first-order chi connectivity index (χ1) is 8.65. The molecule has 1 aromatic rings. The van der Waals surface area contributed by atoms with Gasteiger partial charge in [0.2, 0.25) is 5.75 Å². The standard InChI is InChI=1S/C12H15BrFNO4/c1-7(2)12(3,16)6-19-11-9(13)4-8(14)5-10(11)15(17)18/h4-5,7,16H,6H2,1-3H3. The fourth-order valence-corrected chi connectivity index (χ4v) is 1.75. The zero-order valence-corrected chi connectivity index (χ0v) is 12.4. The Morgan fingerprint density at radius 2 is 2.16 bits per heavy atom. The number of benzene rings is 1. The van der Waals surface area contributed by atoms with Crippen LogP contribution in [0.3, 0.4) is 0 Å². The monoisotopic (exact) mass is 335 g/mol. The van der Waals surface area contributed by atoms with Crippen LogP contribution < -0.4 is 4.74 Å². The Balaban J connectivity index is 3.04. The van der Waals surface area contributed by atoms with Gasteiger partial charge in [-0.25, -0.2) is 4.39 Å². The molecule has 1 rings (SSSR count). The first-order valence-electron chi connectivity index (χ1n) is 5.63. The highest BCUT2D eigenvalue weighted by Crippen LogP contribution is 2.36. The number of nitro groups is 1. The fourth-order valence-electron chi connectivity index (χ4n) is 1.21. The van der Waals surface area contributed by atoms with E-state index in [4.69, 9.17) is 4.74 Å². The highest BCUT2D eigenvalue weighted by Gasteiger charge is 2.28. The van der Waals surface area contributed by atoms with Gasteiger partial charge in [-0.05, 0) is 34.8 Å². The minimum absolute atomic E-state index is 0.0904. The van der Waals surface area contributed by atoms with Crippen molar-refractivity contribution in [2.45, 2.75) is 26.4 Å². The molecule has 0 amide bonds. The van der Waals surface area contributed by atoms with Crippen molar-refractivity contribution in [1.82, 2.24) is 0 Å². The number of nitro benzene ring substituents is 1. The molecule has 1 atom stereocenters. The van der Waals surface area contributed by atoms with E-state index in [2.05, 4.69) is 15.9 Å². The lowest BCUT2D eigenvalue weighted by atomic mass is 9.94. The van der Waals surface area contributed by atoms with Crippen molar-refractivity contribution < 1.29 is 19.2 Å². The van der Waals surface area contributed by atoms with Crippen molar-refractivity contribution in [1.29, 1.82) is 0 Å². The van der Waals surface area contributed by atoms with Gasteiger partial charge in [0.05, 0.1) is 21.1 Å². The van der Waals surface area contributed by atoms with Crippen LogP contribution in [0.5, 0.6) is 5.75 Å². The van der Waals surface area contributed by atoms with Crippen LogP contribution >= 0.6 is 15.9 Å². The van der Waals surface area contributed by atoms with Gasteiger partial charge in [0.25, 0.3) is 0 Å². The van der Waals surface area contributed by atoms with E-state index in [0.29, 0.717) is 0 Å². The fraction of sp³-hybridized carbons (Fsp3) is 0.500. The van der Waals surface area contributed by atoms with Gasteiger partial charge in [-0.1, -0.05) is 13.8 Å². The van der Waals surface area contributed by atoms with E-state index in [1.807, 2.05) is 0 Å². The molecule has 7 heteroatoms. The molecule has 106 valence electrons. The summed E-state index contributed by atoms with van der Waals surface area (Å²) in [5.74, 6) is -0.917. The molecule has 19 heavy (non-hydrogen) atoms. The SMILES string of the molecule is CC(C)C(C)(O)COc1c(Br)cc(F)cc1[N+](=O)[O-]. The normalized spacial score (nSPS) is 14.3. The third kappa shape index (κ3) is 3.87. The predicted molar refractivity (Wildman–Crippen MR) is 71.7 cm³/mol. The van der Waals surface area contributed by atoms with E-state index >= 15 is 0 Å². The average molecular weight is 336 g/mol. The summed E-state index contributed by atoms with van der Waals surface area (Å²) in [5, 5.41) is 20.9. The maximum absolute atomic E-state index is 13.1. The number of hydrogen-bond acceptors (Lipinski definition) is 4. The quantitative estimate of drug-likeness (QED) is 0.662. The summed E-state index contributed by atoms with van der Waals surface area (Å²) in [6.07, 6.45) is 0. The van der Waals surface area contributed by atoms with Crippen molar-refractivity contribution in [3.8, 4) is 5.75 Å². The van der Waals surface area contributed by atoms with Crippen LogP contribution in [0.15, 0.2) is 16.6 Å². The van der Waals surface area contributed by atoms with Crippen molar-refractivity contribution in [3.05, 3.63) is 32.5 Å². The van der Waals surface area contributed by atoms with Crippen LogP contribution in [0.2, 0.25) is 0 Å². The lowest BCUT2D eigenvalue weighted by molar-refractivity contribution is -0.386. The van der Waals surface area contributed by atoms with E-state index in [1.165, 1.54) is 0 Å². The first kappa shape index (κ1) is 15.8. The molecule has 0 bridgehead atoms. The molecule has 0 radical (unpaired) electrons. The predicted octanol–water partition coefficient (Wildman–Crippen LogP) is 3.28. The van der Waals surface area contributed by atoms with E-state index in [0.717, 1.165) is 12.1 Å². The van der Waals surface area contributed by atoms with Crippen LogP contribution in [-0.2, 0) is 0 Å². The summed E-state index contributed by atoms with van der Waals surface area (Å²) in [4.78, 5) is 10.1. The molecule has 0 saturated carbocycles. The van der Waals surface area contributed by atoms with Crippen molar-refractivity contribution in [2.75, 3.05) is 6.61 Å². The molecule has 0 aliphatic rings. The molecule has 0 spiro atoms. The largest absolute Gasteiger partial charge is 0.483 e. The van der Waals surface area contributed by atoms with Crippen molar-refractivity contribution in [2.24, 2.45) is 5.92 Å². The molecule has 5 nitrogen and oxygen atoms in total. The first-order valence-corrected chi connectivity index (χ1v) is 6.43. The van der Waals surface area contributed by atoms with E-state index in [1.54, 1.807) is 20.8 Å². The summed E-state index contributed by atoms with van der Waals surface area (Å²) < 4.78 is 18.6. The van der Waals surface area contributed by atoms with Gasteiger partial charge < -0.3 is 9.84 Å². The minimum atomic E-state index is -1.14. The average Bonchev–Trinajstić information content (AvgIpc) is 2.26. The second-order valence-electron chi connectivity index (χ2n) is 4.79. The van der Waals surface area contributed by atoms with Crippen LogP contribution in [0.25, 0.3) is 0 Å². The number of nitrogens with zero attached hydrogens (tertiary/aromatic N) is 1. The molecule has 0 heterocycles. The molecule has 0 aliphatic heterocycles. The van der Waals surface area contributed by atoms with Crippen molar-refractivity contribution >= 4 is 21.6 Å². The zero-order valence-electron chi connectivity index (χ0n) is 10.8. The molecule has 0 saturated heterocycles. The molecule has 0 aromatic heterocycles. The van der Waals surface area contributed by atoms with Gasteiger partial charge in [-0.2, -0.15) is 0 Å². The second-order valence-corrected chi connectivity index (χ2v) is 5.65. The summed E-state index contributed by atoms with van der Waals surface area (Å²) in [6, 6.07) is 1.86. The van der Waals surface area contributed by atoms with Gasteiger partial charge in [0, 0.05) is 0 Å². The van der Waals surface area contributed by atoms with Gasteiger partial charge in [-0.3, -0.25) is 10.1 Å². The Bertz CT molecular complexity index is 491. The topological polar surface area (TPSA) is 72.6 Å². The van der Waals surface area contributed by atoms with Crippen LogP contribution in [0, 0.1) is 21.8 Å². The maximum atomic E-state index is 13.1. The lowest BCUT2D eigenvalue weighted by Gasteiger charge is -2.27. The summed E-state index contributed by atoms with van der Waals surface area (Å²) >= 11 is 3.02. The van der Waals surface area contributed by atoms with Crippen LogP contribution in [-0.4, -0.2) is 22.2 Å². The number of rotatable bonds is 5. The molecule has 0 fully saturated rings. The van der Waals surface area contributed by atoms with E-state index in [9.17, 15) is 19.6 Å². The summed E-state index contributed by atoms with van der Waals surface area (Å²) in [7, 11) is 0. The highest BCUT2D eigenvalue weighted by molar-refractivity contribution is 9.10. The number of aliphatic hydroxyl groups is 1. The molecule has 1 N–H and O–H groups in total. The molecule has 0 aliphatic carbocycles. The summed E-state index contributed by atoms with van der Waals surface area (Å²) in [5.41, 5.74) is -1.62. The van der Waals surface area contributed by atoms with Gasteiger partial charge in [0.1, 0.15) is 12.4 Å². The number of hydrogen-bond donors (Lipinski definition) is 1. The second kappa shape index (κ2) is 5.83. The lowest BCUT2D eigenvalue weighted by Crippen LogP contribution is -2.38. The Morgan fingerprint density at radius 1 is 1.58 bits per heavy atom. The van der Waals surface area contributed by atoms with Crippen LogP contribution in [0.1, 0.15) is 20.8 Å². The third-order valence-electron chi connectivity index (χ3n) is 2.94. The summed E-state index contributed by atoms with van der Waals surface area (Å²) in [6.45, 7) is 5.05. The number of ether oxygens (including phenoxy) is 1. The Hall–Kier alpha value is -1.21. The highest BCUT2D eigenvalue weighted by atomic mass is 79.9. The maximum Gasteiger partial charge on any atom is 0.315 e. The van der Waals surface area contributed by atoms with E-state index in [-0.39, 0.29) is 22.7 Å². The Morgan fingerprint density at radius 3 is 2.63 bits per heavy atom. The Labute approximate surface area is 118 Å². The van der Waals surface area contributed by atoms with Crippen molar-refractivity contribution in [3.63, 3.8) is 0 Å². The Kier molecular flexibility index (Phi) is 4.86. The zero-order chi connectivity index (χ0) is 14.8. The van der Waals surface area contributed by atoms with E-state index < -0.39 is 22.0 Å². The third-order valence-corrected chi connectivity index (χ3v) is 3.53. The molecular weight excluding hydrogens is 321 g/mol. The molecule has 1 aromatic carbocycles. The number of halogens is 2. The minimum Gasteiger partial charge on any atom is -0.483 e.